The van der Waals surface area contributed by atoms with Gasteiger partial charge in [0.25, 0.3) is 0 Å². The minimum absolute atomic E-state index is 0.182. The van der Waals surface area contributed by atoms with Crippen molar-refractivity contribution in [3.8, 4) is 0 Å². The number of rotatable bonds is 5. The lowest BCUT2D eigenvalue weighted by molar-refractivity contribution is -0.142. The molecule has 0 heterocycles. The highest BCUT2D eigenvalue weighted by atomic mass is 35.5. The summed E-state index contributed by atoms with van der Waals surface area (Å²) in [5.74, 6) is -0.182. The Morgan fingerprint density at radius 1 is 1.53 bits per heavy atom. The maximum atomic E-state index is 11.3. The van der Waals surface area contributed by atoms with Crippen molar-refractivity contribution in [2.45, 2.75) is 25.4 Å². The van der Waals surface area contributed by atoms with Crippen LogP contribution in [-0.2, 0) is 16.1 Å². The van der Waals surface area contributed by atoms with Crippen LogP contribution in [0.25, 0.3) is 0 Å². The van der Waals surface area contributed by atoms with Gasteiger partial charge < -0.3 is 4.74 Å². The fourth-order valence-corrected chi connectivity index (χ4v) is 2.07. The van der Waals surface area contributed by atoms with E-state index in [1.54, 1.807) is 0 Å². The van der Waals surface area contributed by atoms with Crippen LogP contribution in [0, 0.1) is 0 Å². The molecule has 0 aliphatic heterocycles. The zero-order valence-electron chi connectivity index (χ0n) is 9.86. The molecule has 0 radical (unpaired) electrons. The van der Waals surface area contributed by atoms with Gasteiger partial charge in [-0.2, -0.15) is 0 Å². The molecule has 0 spiro atoms. The first kappa shape index (κ1) is 12.4. The van der Waals surface area contributed by atoms with Gasteiger partial charge in [0.05, 0.1) is 13.7 Å². The molecule has 3 nitrogen and oxygen atoms in total. The third kappa shape index (κ3) is 3.72. The molecule has 0 atom stereocenters. The van der Waals surface area contributed by atoms with Crippen LogP contribution in [0.5, 0.6) is 0 Å². The van der Waals surface area contributed by atoms with Crippen molar-refractivity contribution in [2.24, 2.45) is 0 Å². The molecule has 0 saturated heterocycles. The van der Waals surface area contributed by atoms with Gasteiger partial charge in [0.15, 0.2) is 0 Å². The van der Waals surface area contributed by atoms with Gasteiger partial charge in [-0.1, -0.05) is 23.7 Å². The van der Waals surface area contributed by atoms with E-state index < -0.39 is 0 Å². The Kier molecular flexibility index (Phi) is 4.02. The Morgan fingerprint density at radius 2 is 2.29 bits per heavy atom. The van der Waals surface area contributed by atoms with Crippen LogP contribution in [0.3, 0.4) is 0 Å². The molecule has 1 aliphatic rings. The van der Waals surface area contributed by atoms with Crippen molar-refractivity contribution >= 4 is 17.6 Å². The summed E-state index contributed by atoms with van der Waals surface area (Å²) in [5, 5.41) is 0.733. The van der Waals surface area contributed by atoms with Crippen LogP contribution < -0.4 is 0 Å². The number of carbonyl (C=O) groups is 1. The third-order valence-corrected chi connectivity index (χ3v) is 3.13. The van der Waals surface area contributed by atoms with E-state index in [0.29, 0.717) is 12.6 Å². The van der Waals surface area contributed by atoms with Crippen molar-refractivity contribution in [2.75, 3.05) is 13.7 Å². The van der Waals surface area contributed by atoms with E-state index in [-0.39, 0.29) is 5.97 Å². The van der Waals surface area contributed by atoms with Crippen LogP contribution in [0.1, 0.15) is 18.4 Å². The Balaban J connectivity index is 2.00. The number of hydrogen-bond acceptors (Lipinski definition) is 3. The number of hydrogen-bond donors (Lipinski definition) is 0. The molecule has 17 heavy (non-hydrogen) atoms. The third-order valence-electron chi connectivity index (χ3n) is 2.90. The molecule has 4 heteroatoms. The molecule has 92 valence electrons. The highest BCUT2D eigenvalue weighted by Gasteiger charge is 2.30. The van der Waals surface area contributed by atoms with E-state index in [1.807, 2.05) is 24.3 Å². The Bertz CT molecular complexity index is 404. The van der Waals surface area contributed by atoms with Crippen LogP contribution in [-0.4, -0.2) is 30.6 Å². The first-order valence-electron chi connectivity index (χ1n) is 5.74. The summed E-state index contributed by atoms with van der Waals surface area (Å²) in [5.41, 5.74) is 1.13. The van der Waals surface area contributed by atoms with E-state index in [9.17, 15) is 4.79 Å². The van der Waals surface area contributed by atoms with Crippen molar-refractivity contribution in [3.63, 3.8) is 0 Å². The largest absolute Gasteiger partial charge is 0.468 e. The van der Waals surface area contributed by atoms with Crippen molar-refractivity contribution in [1.82, 2.24) is 4.90 Å². The zero-order chi connectivity index (χ0) is 12.3. The fraction of sp³-hybridized carbons (Fsp3) is 0.462. The van der Waals surface area contributed by atoms with Crippen LogP contribution in [0.4, 0.5) is 0 Å². The number of ether oxygens (including phenoxy) is 1. The predicted molar refractivity (Wildman–Crippen MR) is 66.9 cm³/mol. The molecule has 0 bridgehead atoms. The van der Waals surface area contributed by atoms with Gasteiger partial charge in [-0.05, 0) is 30.5 Å². The highest BCUT2D eigenvalue weighted by molar-refractivity contribution is 6.30. The molecule has 1 aliphatic carbocycles. The SMILES string of the molecule is COC(=O)CN(Cc1cccc(Cl)c1)C1CC1. The second kappa shape index (κ2) is 5.52. The topological polar surface area (TPSA) is 29.5 Å². The van der Waals surface area contributed by atoms with E-state index in [1.165, 1.54) is 7.11 Å². The molecular weight excluding hydrogens is 238 g/mol. The molecule has 1 fully saturated rings. The summed E-state index contributed by atoms with van der Waals surface area (Å²) >= 11 is 5.95. The second-order valence-electron chi connectivity index (χ2n) is 4.34. The lowest BCUT2D eigenvalue weighted by atomic mass is 10.2. The van der Waals surface area contributed by atoms with E-state index in [4.69, 9.17) is 16.3 Å². The van der Waals surface area contributed by atoms with Crippen LogP contribution in [0.2, 0.25) is 5.02 Å². The molecule has 0 amide bonds. The predicted octanol–water partition coefficient (Wildman–Crippen LogP) is 2.48. The summed E-state index contributed by atoms with van der Waals surface area (Å²) in [6, 6.07) is 8.27. The average molecular weight is 254 g/mol. The lowest BCUT2D eigenvalue weighted by Crippen LogP contribution is -2.32. The van der Waals surface area contributed by atoms with Crippen molar-refractivity contribution < 1.29 is 9.53 Å². The summed E-state index contributed by atoms with van der Waals surface area (Å²) in [4.78, 5) is 13.5. The van der Waals surface area contributed by atoms with Crippen LogP contribution >= 0.6 is 11.6 Å². The summed E-state index contributed by atoms with van der Waals surface area (Å²) < 4.78 is 4.71. The van der Waals surface area contributed by atoms with Gasteiger partial charge in [0.1, 0.15) is 0 Å². The molecule has 0 unspecified atom stereocenters. The van der Waals surface area contributed by atoms with E-state index in [2.05, 4.69) is 4.90 Å². The molecule has 0 aromatic heterocycles. The van der Waals surface area contributed by atoms with Gasteiger partial charge in [0, 0.05) is 17.6 Å². The molecule has 2 rings (SSSR count). The van der Waals surface area contributed by atoms with Gasteiger partial charge in [-0.3, -0.25) is 9.69 Å². The number of esters is 1. The Labute approximate surface area is 106 Å². The quantitative estimate of drug-likeness (QED) is 0.755. The van der Waals surface area contributed by atoms with Gasteiger partial charge >= 0.3 is 5.97 Å². The molecule has 1 aromatic carbocycles. The standard InChI is InChI=1S/C13H16ClNO2/c1-17-13(16)9-15(12-5-6-12)8-10-3-2-4-11(14)7-10/h2-4,7,12H,5-6,8-9H2,1H3. The summed E-state index contributed by atoms with van der Waals surface area (Å²) in [6.45, 7) is 1.11. The average Bonchev–Trinajstić information content (AvgIpc) is 3.12. The van der Waals surface area contributed by atoms with Gasteiger partial charge in [-0.25, -0.2) is 0 Å². The minimum atomic E-state index is -0.182. The monoisotopic (exact) mass is 253 g/mol. The molecule has 0 N–H and O–H groups in total. The Morgan fingerprint density at radius 3 is 2.88 bits per heavy atom. The first-order chi connectivity index (χ1) is 8.19. The fourth-order valence-electron chi connectivity index (χ4n) is 1.85. The molecule has 1 aromatic rings. The summed E-state index contributed by atoms with van der Waals surface area (Å²) in [7, 11) is 1.42. The van der Waals surface area contributed by atoms with E-state index in [0.717, 1.165) is 30.0 Å². The Hall–Kier alpha value is -1.06. The first-order valence-corrected chi connectivity index (χ1v) is 6.12. The van der Waals surface area contributed by atoms with Gasteiger partial charge in [-0.15, -0.1) is 0 Å². The normalized spacial score (nSPS) is 15.0. The number of benzene rings is 1. The minimum Gasteiger partial charge on any atom is -0.468 e. The van der Waals surface area contributed by atoms with Crippen LogP contribution in [0.15, 0.2) is 24.3 Å². The lowest BCUT2D eigenvalue weighted by Gasteiger charge is -2.20. The number of methoxy groups -OCH3 is 1. The molecular formula is C13H16ClNO2. The maximum Gasteiger partial charge on any atom is 0.319 e. The maximum absolute atomic E-state index is 11.3. The smallest absolute Gasteiger partial charge is 0.319 e. The number of halogens is 1. The van der Waals surface area contributed by atoms with Crippen molar-refractivity contribution in [3.05, 3.63) is 34.9 Å². The number of nitrogens with zero attached hydrogens (tertiary/aromatic N) is 1. The highest BCUT2D eigenvalue weighted by Crippen LogP contribution is 2.28. The summed E-state index contributed by atoms with van der Waals surface area (Å²) in [6.07, 6.45) is 2.33. The zero-order valence-corrected chi connectivity index (χ0v) is 10.6. The van der Waals surface area contributed by atoms with E-state index >= 15 is 0 Å². The van der Waals surface area contributed by atoms with Gasteiger partial charge in [0.2, 0.25) is 0 Å². The number of carbonyl (C=O) groups excluding carboxylic acids is 1. The second-order valence-corrected chi connectivity index (χ2v) is 4.78. The molecule has 1 saturated carbocycles. The van der Waals surface area contributed by atoms with Crippen molar-refractivity contribution in [1.29, 1.82) is 0 Å².